The Labute approximate surface area is 332 Å². The molecule has 0 saturated carbocycles. The number of thiophene rings is 1. The van der Waals surface area contributed by atoms with E-state index in [-0.39, 0.29) is 12.3 Å². The Bertz CT molecular complexity index is 3320. The van der Waals surface area contributed by atoms with Gasteiger partial charge in [0.05, 0.1) is 11.0 Å². The van der Waals surface area contributed by atoms with E-state index in [1.807, 2.05) is 23.5 Å². The summed E-state index contributed by atoms with van der Waals surface area (Å²) in [6, 6.07) is 64.8. The lowest BCUT2D eigenvalue weighted by atomic mass is 9.95. The second-order valence-corrected chi connectivity index (χ2v) is 15.8. The van der Waals surface area contributed by atoms with E-state index in [1.165, 1.54) is 58.8 Å². The number of amidine groups is 1. The van der Waals surface area contributed by atoms with Crippen LogP contribution < -0.4 is 10.6 Å². The highest BCUT2D eigenvalue weighted by molar-refractivity contribution is 7.26. The average Bonchev–Trinajstić information content (AvgIpc) is 3.96. The van der Waals surface area contributed by atoms with Gasteiger partial charge in [0.15, 0.2) is 0 Å². The summed E-state index contributed by atoms with van der Waals surface area (Å²) in [6.45, 7) is 0. The SMILES string of the molecule is c1ccc(C2=NC(c3ccccc3)NC(c3cccc4c3oc3cccc(-c5cccc6sc7cc(-n8c9ccccc9c9ccccc98)ccc7c56)c34)N2)cc1. The van der Waals surface area contributed by atoms with Crippen molar-refractivity contribution >= 4 is 81.1 Å². The summed E-state index contributed by atoms with van der Waals surface area (Å²) in [4.78, 5) is 5.13. The number of aliphatic imine (C=N–C) groups is 1. The lowest BCUT2D eigenvalue weighted by Gasteiger charge is -2.32. The van der Waals surface area contributed by atoms with Crippen molar-refractivity contribution < 1.29 is 4.42 Å². The molecule has 0 spiro atoms. The van der Waals surface area contributed by atoms with E-state index >= 15 is 0 Å². The van der Waals surface area contributed by atoms with Crippen molar-refractivity contribution in [1.82, 2.24) is 15.2 Å². The summed E-state index contributed by atoms with van der Waals surface area (Å²) in [6.07, 6.45) is -0.480. The van der Waals surface area contributed by atoms with Crippen molar-refractivity contribution in [2.75, 3.05) is 0 Å². The molecular weight excluding hydrogens is 717 g/mol. The molecule has 0 radical (unpaired) electrons. The number of rotatable bonds is 5. The maximum atomic E-state index is 6.87. The van der Waals surface area contributed by atoms with E-state index in [4.69, 9.17) is 9.41 Å². The number of hydrogen-bond donors (Lipinski definition) is 2. The fourth-order valence-electron chi connectivity index (χ4n) is 8.97. The summed E-state index contributed by atoms with van der Waals surface area (Å²) in [5.74, 6) is 0.847. The predicted octanol–water partition coefficient (Wildman–Crippen LogP) is 13.1. The van der Waals surface area contributed by atoms with Gasteiger partial charge in [-0.1, -0.05) is 146 Å². The molecule has 4 heterocycles. The first kappa shape index (κ1) is 32.3. The minimum absolute atomic E-state index is 0.234. The molecule has 1 aliphatic rings. The van der Waals surface area contributed by atoms with E-state index in [2.05, 4.69) is 185 Å². The Balaban J connectivity index is 1.00. The second-order valence-electron chi connectivity index (χ2n) is 14.7. The summed E-state index contributed by atoms with van der Waals surface area (Å²) in [5.41, 5.74) is 10.9. The maximum Gasteiger partial charge on any atom is 0.142 e. The zero-order valence-electron chi connectivity index (χ0n) is 30.7. The Morgan fingerprint density at radius 1 is 0.544 bits per heavy atom. The molecule has 2 N–H and O–H groups in total. The quantitative estimate of drug-likeness (QED) is 0.184. The van der Waals surface area contributed by atoms with Gasteiger partial charge >= 0.3 is 0 Å². The van der Waals surface area contributed by atoms with Crippen LogP contribution in [0.4, 0.5) is 0 Å². The number of nitrogens with zero attached hydrogens (tertiary/aromatic N) is 2. The van der Waals surface area contributed by atoms with Crippen molar-refractivity contribution in [3.05, 3.63) is 199 Å². The van der Waals surface area contributed by atoms with Gasteiger partial charge < -0.3 is 14.3 Å². The molecule has 0 saturated heterocycles. The number of hydrogen-bond acceptors (Lipinski definition) is 5. The van der Waals surface area contributed by atoms with Crippen molar-refractivity contribution in [2.45, 2.75) is 12.3 Å². The van der Waals surface area contributed by atoms with Crippen LogP contribution in [0.5, 0.6) is 0 Å². The zero-order valence-corrected chi connectivity index (χ0v) is 31.5. The highest BCUT2D eigenvalue weighted by Gasteiger charge is 2.28. The number of para-hydroxylation sites is 3. The molecule has 270 valence electrons. The van der Waals surface area contributed by atoms with Crippen LogP contribution in [0.3, 0.4) is 0 Å². The van der Waals surface area contributed by atoms with Gasteiger partial charge in [0.25, 0.3) is 0 Å². The van der Waals surface area contributed by atoms with E-state index in [1.54, 1.807) is 0 Å². The molecule has 57 heavy (non-hydrogen) atoms. The van der Waals surface area contributed by atoms with Crippen LogP contribution in [-0.2, 0) is 0 Å². The summed E-state index contributed by atoms with van der Waals surface area (Å²) in [7, 11) is 0. The molecule has 12 rings (SSSR count). The van der Waals surface area contributed by atoms with Gasteiger partial charge in [0.1, 0.15) is 29.3 Å². The second kappa shape index (κ2) is 12.8. The summed E-state index contributed by atoms with van der Waals surface area (Å²) in [5, 5.41) is 14.8. The highest BCUT2D eigenvalue weighted by Crippen LogP contribution is 2.46. The number of benzene rings is 8. The van der Waals surface area contributed by atoms with Crippen LogP contribution in [0.15, 0.2) is 191 Å². The first-order valence-corrected chi connectivity index (χ1v) is 20.2. The predicted molar refractivity (Wildman–Crippen MR) is 238 cm³/mol. The van der Waals surface area contributed by atoms with Crippen LogP contribution in [0.25, 0.3) is 80.7 Å². The molecular formula is C51H34N4OS. The molecule has 2 unspecified atom stereocenters. The number of aromatic nitrogens is 1. The van der Waals surface area contributed by atoms with E-state index in [0.29, 0.717) is 0 Å². The van der Waals surface area contributed by atoms with Gasteiger partial charge in [0.2, 0.25) is 0 Å². The smallest absolute Gasteiger partial charge is 0.142 e. The molecule has 5 nitrogen and oxygen atoms in total. The number of nitrogens with one attached hydrogen (secondary N) is 2. The summed E-state index contributed by atoms with van der Waals surface area (Å²) >= 11 is 1.86. The van der Waals surface area contributed by atoms with Gasteiger partial charge in [-0.3, -0.25) is 5.32 Å². The molecule has 1 aliphatic heterocycles. The molecule has 0 bridgehead atoms. The molecule has 11 aromatic rings. The Kier molecular flexibility index (Phi) is 7.24. The molecule has 0 amide bonds. The minimum Gasteiger partial charge on any atom is -0.456 e. The van der Waals surface area contributed by atoms with E-state index in [0.717, 1.165) is 44.5 Å². The zero-order chi connectivity index (χ0) is 37.5. The van der Waals surface area contributed by atoms with Crippen molar-refractivity contribution in [1.29, 1.82) is 0 Å². The third-order valence-electron chi connectivity index (χ3n) is 11.5. The van der Waals surface area contributed by atoms with Crippen molar-refractivity contribution in [3.8, 4) is 16.8 Å². The Morgan fingerprint density at radius 2 is 1.21 bits per heavy atom. The molecule has 3 aromatic heterocycles. The topological polar surface area (TPSA) is 54.5 Å². The first-order chi connectivity index (χ1) is 28.3. The van der Waals surface area contributed by atoms with Gasteiger partial charge in [-0.2, -0.15) is 0 Å². The highest BCUT2D eigenvalue weighted by atomic mass is 32.1. The van der Waals surface area contributed by atoms with Crippen LogP contribution in [0, 0.1) is 0 Å². The van der Waals surface area contributed by atoms with Crippen LogP contribution in [0.1, 0.15) is 29.0 Å². The van der Waals surface area contributed by atoms with Gasteiger partial charge in [-0.15, -0.1) is 11.3 Å². The standard InChI is InChI=1S/C51H34N4OS/c1-3-14-31(15-4-1)49-52-50(32-16-5-2-6-17-32)54-51(53-49)40-23-11-22-39-46-36(20-12-26-43(46)56-48(39)40)37-21-13-27-44-47(37)38-29-28-33(30-45(38)57-44)55-41-24-9-7-18-34(41)35-19-8-10-25-42(35)55/h1-30,49,51,53H,(H,52,54). The normalized spacial score (nSPS) is 15.9. The molecule has 2 atom stereocenters. The van der Waals surface area contributed by atoms with Crippen LogP contribution >= 0.6 is 11.3 Å². The average molecular weight is 751 g/mol. The molecule has 6 heteroatoms. The van der Waals surface area contributed by atoms with Crippen molar-refractivity contribution in [2.24, 2.45) is 4.99 Å². The first-order valence-electron chi connectivity index (χ1n) is 19.4. The third-order valence-corrected chi connectivity index (χ3v) is 12.6. The lowest BCUT2D eigenvalue weighted by Crippen LogP contribution is -2.45. The fraction of sp³-hybridized carbons (Fsp3) is 0.0392. The lowest BCUT2D eigenvalue weighted by molar-refractivity contribution is 0.408. The monoisotopic (exact) mass is 750 g/mol. The van der Waals surface area contributed by atoms with Crippen LogP contribution in [0.2, 0.25) is 0 Å². The number of fused-ring (bicyclic) bond motifs is 9. The van der Waals surface area contributed by atoms with Gasteiger partial charge in [-0.05, 0) is 53.1 Å². The third kappa shape index (κ3) is 5.08. The molecule has 0 aliphatic carbocycles. The summed E-state index contributed by atoms with van der Waals surface area (Å²) < 4.78 is 11.8. The maximum absolute atomic E-state index is 6.87. The largest absolute Gasteiger partial charge is 0.456 e. The van der Waals surface area contributed by atoms with Crippen LogP contribution in [-0.4, -0.2) is 10.4 Å². The van der Waals surface area contributed by atoms with E-state index in [9.17, 15) is 0 Å². The molecule has 0 fully saturated rings. The number of furan rings is 1. The van der Waals surface area contributed by atoms with Gasteiger partial charge in [-0.25, -0.2) is 4.99 Å². The minimum atomic E-state index is -0.247. The van der Waals surface area contributed by atoms with Gasteiger partial charge in [0, 0.05) is 58.5 Å². The van der Waals surface area contributed by atoms with Crippen molar-refractivity contribution in [3.63, 3.8) is 0 Å². The fourth-order valence-corrected chi connectivity index (χ4v) is 10.1. The molecule has 8 aromatic carbocycles. The van der Waals surface area contributed by atoms with E-state index < -0.39 is 0 Å². The Morgan fingerprint density at radius 3 is 2.00 bits per heavy atom. The Hall–Kier alpha value is -6.99.